The van der Waals surface area contributed by atoms with Crippen LogP contribution in [0.5, 0.6) is 0 Å². The molecule has 1 aromatic heterocycles. The number of aromatic nitrogens is 1. The Hall–Kier alpha value is -6.90. The standard InChI is InChI=1S/C50H34N2/c1-3-14-35(15-4-1)39-19-11-23-42(32-39)51(44-30-28-36-16-7-8-18-38(36)33-44)43-24-12-20-40(34-43)46-26-13-27-47-50(46)49-45-25-10-9-17-37(45)29-31-48(49)52(47)41-21-5-2-6-22-41/h1-34H. The molecule has 2 nitrogen and oxygen atoms in total. The van der Waals surface area contributed by atoms with Crippen LogP contribution in [0, 0.1) is 0 Å². The number of para-hydroxylation sites is 1. The molecule has 0 bridgehead atoms. The van der Waals surface area contributed by atoms with Crippen LogP contribution < -0.4 is 4.90 Å². The predicted molar refractivity (Wildman–Crippen MR) is 221 cm³/mol. The van der Waals surface area contributed by atoms with Crippen molar-refractivity contribution in [1.29, 1.82) is 0 Å². The van der Waals surface area contributed by atoms with E-state index in [1.54, 1.807) is 0 Å². The minimum atomic E-state index is 1.10. The average Bonchev–Trinajstić information content (AvgIpc) is 3.57. The van der Waals surface area contributed by atoms with Crippen LogP contribution in [0.25, 0.3) is 71.3 Å². The summed E-state index contributed by atoms with van der Waals surface area (Å²) in [4.78, 5) is 2.39. The van der Waals surface area contributed by atoms with Crippen LogP contribution >= 0.6 is 0 Å². The van der Waals surface area contributed by atoms with E-state index in [2.05, 4.69) is 216 Å². The molecule has 0 N–H and O–H groups in total. The first-order chi connectivity index (χ1) is 25.8. The van der Waals surface area contributed by atoms with Crippen molar-refractivity contribution in [3.8, 4) is 27.9 Å². The van der Waals surface area contributed by atoms with Gasteiger partial charge in [0.05, 0.1) is 11.0 Å². The van der Waals surface area contributed by atoms with E-state index in [1.807, 2.05) is 0 Å². The van der Waals surface area contributed by atoms with Gasteiger partial charge in [0.25, 0.3) is 0 Å². The van der Waals surface area contributed by atoms with Crippen molar-refractivity contribution in [1.82, 2.24) is 4.57 Å². The molecule has 0 aliphatic carbocycles. The lowest BCUT2D eigenvalue weighted by atomic mass is 9.96. The van der Waals surface area contributed by atoms with Gasteiger partial charge in [0, 0.05) is 33.5 Å². The molecule has 0 fully saturated rings. The summed E-state index contributed by atoms with van der Waals surface area (Å²) in [5, 5.41) is 7.49. The summed E-state index contributed by atoms with van der Waals surface area (Å²) in [5.41, 5.74) is 11.7. The molecule has 244 valence electrons. The fraction of sp³-hybridized carbons (Fsp3) is 0. The molecule has 0 amide bonds. The summed E-state index contributed by atoms with van der Waals surface area (Å²) in [6, 6.07) is 74.7. The van der Waals surface area contributed by atoms with Gasteiger partial charge in [-0.15, -0.1) is 0 Å². The van der Waals surface area contributed by atoms with Gasteiger partial charge < -0.3 is 9.47 Å². The van der Waals surface area contributed by atoms with Gasteiger partial charge in [-0.05, 0) is 104 Å². The van der Waals surface area contributed by atoms with E-state index in [4.69, 9.17) is 0 Å². The lowest BCUT2D eigenvalue weighted by molar-refractivity contribution is 1.18. The first kappa shape index (κ1) is 30.0. The topological polar surface area (TPSA) is 8.17 Å². The smallest absolute Gasteiger partial charge is 0.0547 e. The van der Waals surface area contributed by atoms with E-state index >= 15 is 0 Å². The highest BCUT2D eigenvalue weighted by Gasteiger charge is 2.20. The van der Waals surface area contributed by atoms with Crippen LogP contribution in [0.2, 0.25) is 0 Å². The van der Waals surface area contributed by atoms with Gasteiger partial charge in [0.1, 0.15) is 0 Å². The van der Waals surface area contributed by atoms with E-state index in [-0.39, 0.29) is 0 Å². The Morgan fingerprint density at radius 1 is 0.327 bits per heavy atom. The van der Waals surface area contributed by atoms with Gasteiger partial charge in [-0.1, -0.05) is 146 Å². The zero-order chi connectivity index (χ0) is 34.4. The molecule has 10 rings (SSSR count). The molecule has 0 atom stereocenters. The fourth-order valence-electron chi connectivity index (χ4n) is 7.95. The van der Waals surface area contributed by atoms with Crippen molar-refractivity contribution in [2.45, 2.75) is 0 Å². The molecule has 0 spiro atoms. The van der Waals surface area contributed by atoms with Crippen molar-refractivity contribution in [3.63, 3.8) is 0 Å². The normalized spacial score (nSPS) is 11.5. The second kappa shape index (κ2) is 12.5. The summed E-state index contributed by atoms with van der Waals surface area (Å²) >= 11 is 0. The summed E-state index contributed by atoms with van der Waals surface area (Å²) in [6.07, 6.45) is 0. The molecule has 0 aliphatic rings. The van der Waals surface area contributed by atoms with Crippen molar-refractivity contribution in [2.24, 2.45) is 0 Å². The van der Waals surface area contributed by atoms with E-state index in [0.717, 1.165) is 22.7 Å². The van der Waals surface area contributed by atoms with Crippen LogP contribution in [0.4, 0.5) is 17.1 Å². The highest BCUT2D eigenvalue weighted by atomic mass is 15.1. The number of benzene rings is 9. The number of fused-ring (bicyclic) bond motifs is 6. The Bertz CT molecular complexity index is 2900. The van der Waals surface area contributed by atoms with E-state index < -0.39 is 0 Å². The third-order valence-corrected chi connectivity index (χ3v) is 10.3. The highest BCUT2D eigenvalue weighted by Crippen LogP contribution is 2.44. The van der Waals surface area contributed by atoms with Crippen LogP contribution in [0.1, 0.15) is 0 Å². The second-order valence-electron chi connectivity index (χ2n) is 13.4. The predicted octanol–water partition coefficient (Wildman–Crippen LogP) is 13.9. The van der Waals surface area contributed by atoms with E-state index in [9.17, 15) is 0 Å². The monoisotopic (exact) mass is 662 g/mol. The van der Waals surface area contributed by atoms with Gasteiger partial charge in [-0.25, -0.2) is 0 Å². The number of anilines is 3. The summed E-state index contributed by atoms with van der Waals surface area (Å²) < 4.78 is 2.42. The molecule has 10 aromatic rings. The Morgan fingerprint density at radius 2 is 0.904 bits per heavy atom. The Balaban J connectivity index is 1.21. The summed E-state index contributed by atoms with van der Waals surface area (Å²) in [7, 11) is 0. The minimum Gasteiger partial charge on any atom is -0.310 e. The quantitative estimate of drug-likeness (QED) is 0.172. The van der Waals surface area contributed by atoms with Gasteiger partial charge in [-0.3, -0.25) is 0 Å². The van der Waals surface area contributed by atoms with E-state index in [0.29, 0.717) is 0 Å². The SMILES string of the molecule is c1ccc(-c2cccc(N(c3cccc(-c4cccc5c4c4c6ccccc6ccc4n5-c4ccccc4)c3)c3ccc4ccccc4c3)c2)cc1. The lowest BCUT2D eigenvalue weighted by Gasteiger charge is -2.27. The van der Waals surface area contributed by atoms with Crippen molar-refractivity contribution in [3.05, 3.63) is 206 Å². The minimum absolute atomic E-state index is 1.10. The molecule has 2 heteroatoms. The van der Waals surface area contributed by atoms with Gasteiger partial charge in [-0.2, -0.15) is 0 Å². The Kier molecular flexibility index (Phi) is 7.18. The fourth-order valence-corrected chi connectivity index (χ4v) is 7.95. The molecule has 0 unspecified atom stereocenters. The van der Waals surface area contributed by atoms with Crippen molar-refractivity contribution in [2.75, 3.05) is 4.90 Å². The van der Waals surface area contributed by atoms with Gasteiger partial charge in [0.15, 0.2) is 0 Å². The van der Waals surface area contributed by atoms with Crippen LogP contribution in [0.15, 0.2) is 206 Å². The Labute approximate surface area is 303 Å². The van der Waals surface area contributed by atoms with Crippen LogP contribution in [-0.2, 0) is 0 Å². The molecule has 0 saturated carbocycles. The zero-order valence-corrected chi connectivity index (χ0v) is 28.5. The number of nitrogens with zero attached hydrogens (tertiary/aromatic N) is 2. The van der Waals surface area contributed by atoms with Crippen molar-refractivity contribution < 1.29 is 0 Å². The molecule has 0 saturated heterocycles. The lowest BCUT2D eigenvalue weighted by Crippen LogP contribution is -2.10. The first-order valence-corrected chi connectivity index (χ1v) is 17.9. The third-order valence-electron chi connectivity index (χ3n) is 10.3. The third kappa shape index (κ3) is 5.04. The molecule has 9 aromatic carbocycles. The second-order valence-corrected chi connectivity index (χ2v) is 13.4. The number of hydrogen-bond donors (Lipinski definition) is 0. The van der Waals surface area contributed by atoms with Crippen LogP contribution in [0.3, 0.4) is 0 Å². The summed E-state index contributed by atoms with van der Waals surface area (Å²) in [5.74, 6) is 0. The molecule has 0 aliphatic heterocycles. The molecule has 52 heavy (non-hydrogen) atoms. The summed E-state index contributed by atoms with van der Waals surface area (Å²) in [6.45, 7) is 0. The number of hydrogen-bond acceptors (Lipinski definition) is 1. The maximum Gasteiger partial charge on any atom is 0.0547 e. The van der Waals surface area contributed by atoms with Gasteiger partial charge >= 0.3 is 0 Å². The van der Waals surface area contributed by atoms with Crippen LogP contribution in [-0.4, -0.2) is 4.57 Å². The van der Waals surface area contributed by atoms with Crippen molar-refractivity contribution >= 4 is 60.4 Å². The maximum absolute atomic E-state index is 2.42. The maximum atomic E-state index is 2.42. The van der Waals surface area contributed by atoms with Gasteiger partial charge in [0.2, 0.25) is 0 Å². The largest absolute Gasteiger partial charge is 0.310 e. The molecular weight excluding hydrogens is 629 g/mol. The highest BCUT2D eigenvalue weighted by molar-refractivity contribution is 6.25. The van der Waals surface area contributed by atoms with E-state index in [1.165, 1.54) is 65.6 Å². The average molecular weight is 663 g/mol. The zero-order valence-electron chi connectivity index (χ0n) is 28.5. The molecular formula is C50H34N2. The molecule has 1 heterocycles. The number of rotatable bonds is 6. The molecule has 0 radical (unpaired) electrons. The first-order valence-electron chi connectivity index (χ1n) is 17.9. The Morgan fingerprint density at radius 3 is 1.71 bits per heavy atom.